The minimum absolute atomic E-state index is 0.144. The zero-order valence-electron chi connectivity index (χ0n) is 12.2. The van der Waals surface area contributed by atoms with Gasteiger partial charge in [-0.2, -0.15) is 0 Å². The number of hydrogen-bond acceptors (Lipinski definition) is 3. The maximum atomic E-state index is 11.7. The van der Waals surface area contributed by atoms with Gasteiger partial charge < -0.3 is 20.3 Å². The van der Waals surface area contributed by atoms with E-state index in [1.165, 1.54) is 5.69 Å². The molecule has 5 nitrogen and oxygen atoms in total. The van der Waals surface area contributed by atoms with Crippen molar-refractivity contribution < 1.29 is 9.53 Å². The van der Waals surface area contributed by atoms with E-state index in [0.29, 0.717) is 6.54 Å². The lowest BCUT2D eigenvalue weighted by atomic mass is 10.1. The molecule has 20 heavy (non-hydrogen) atoms. The van der Waals surface area contributed by atoms with Crippen LogP contribution in [-0.4, -0.2) is 38.9 Å². The van der Waals surface area contributed by atoms with Gasteiger partial charge in [-0.3, -0.25) is 0 Å². The van der Waals surface area contributed by atoms with Crippen molar-refractivity contribution in [3.63, 3.8) is 0 Å². The molecule has 2 rings (SSSR count). The Morgan fingerprint density at radius 3 is 2.75 bits per heavy atom. The molecule has 0 bridgehead atoms. The third-order valence-corrected chi connectivity index (χ3v) is 3.37. The van der Waals surface area contributed by atoms with Crippen LogP contribution in [0.2, 0.25) is 0 Å². The average molecular weight is 277 g/mol. The molecule has 1 aliphatic rings. The zero-order valence-corrected chi connectivity index (χ0v) is 12.2. The first-order valence-corrected chi connectivity index (χ1v) is 7.19. The highest BCUT2D eigenvalue weighted by Gasteiger charge is 2.12. The summed E-state index contributed by atoms with van der Waals surface area (Å²) in [7, 11) is 0. The molecule has 2 amide bonds. The van der Waals surface area contributed by atoms with Crippen LogP contribution in [0.3, 0.4) is 0 Å². The average Bonchev–Trinajstić information content (AvgIpc) is 2.48. The smallest absolute Gasteiger partial charge is 0.319 e. The molecule has 1 aliphatic heterocycles. The van der Waals surface area contributed by atoms with Crippen molar-refractivity contribution in [1.29, 1.82) is 0 Å². The highest BCUT2D eigenvalue weighted by Crippen LogP contribution is 2.23. The molecule has 1 heterocycles. The molecular formula is C15H23N3O2. The Morgan fingerprint density at radius 1 is 1.35 bits per heavy atom. The Morgan fingerprint density at radius 2 is 2.10 bits per heavy atom. The van der Waals surface area contributed by atoms with Crippen LogP contribution in [0.4, 0.5) is 16.2 Å². The van der Waals surface area contributed by atoms with Crippen LogP contribution in [0.5, 0.6) is 0 Å². The number of benzene rings is 1. The number of carbonyl (C=O) groups excluding carboxylic acids is 1. The van der Waals surface area contributed by atoms with E-state index >= 15 is 0 Å². The van der Waals surface area contributed by atoms with Gasteiger partial charge in [0.15, 0.2) is 0 Å². The van der Waals surface area contributed by atoms with Crippen molar-refractivity contribution in [3.8, 4) is 0 Å². The first kappa shape index (κ1) is 14.7. The van der Waals surface area contributed by atoms with Gasteiger partial charge in [0.25, 0.3) is 0 Å². The van der Waals surface area contributed by atoms with Gasteiger partial charge in [-0.05, 0) is 37.1 Å². The lowest BCUT2D eigenvalue weighted by molar-refractivity contribution is 0.122. The second-order valence-electron chi connectivity index (χ2n) is 4.98. The largest absolute Gasteiger partial charge is 0.378 e. The first-order valence-electron chi connectivity index (χ1n) is 7.19. The van der Waals surface area contributed by atoms with E-state index in [9.17, 15) is 4.79 Å². The van der Waals surface area contributed by atoms with E-state index in [0.717, 1.165) is 44.0 Å². The fourth-order valence-electron chi connectivity index (χ4n) is 2.21. The van der Waals surface area contributed by atoms with E-state index < -0.39 is 0 Å². The van der Waals surface area contributed by atoms with Crippen LogP contribution in [0.15, 0.2) is 18.2 Å². The van der Waals surface area contributed by atoms with Crippen LogP contribution in [0.1, 0.15) is 18.9 Å². The van der Waals surface area contributed by atoms with Gasteiger partial charge >= 0.3 is 6.03 Å². The van der Waals surface area contributed by atoms with Crippen molar-refractivity contribution in [2.45, 2.75) is 20.3 Å². The maximum absolute atomic E-state index is 11.7. The summed E-state index contributed by atoms with van der Waals surface area (Å²) in [4.78, 5) is 14.0. The standard InChI is InChI=1S/C15H23N3O2/c1-3-6-16-15(19)17-14-5-4-13(11-12(14)2)18-7-9-20-10-8-18/h4-5,11H,3,6-10H2,1-2H3,(H2,16,17,19). The van der Waals surface area contributed by atoms with Crippen LogP contribution in [0.25, 0.3) is 0 Å². The molecule has 0 radical (unpaired) electrons. The van der Waals surface area contributed by atoms with Gasteiger partial charge in [-0.15, -0.1) is 0 Å². The minimum atomic E-state index is -0.144. The van der Waals surface area contributed by atoms with Crippen LogP contribution in [-0.2, 0) is 4.74 Å². The first-order chi connectivity index (χ1) is 9.70. The third kappa shape index (κ3) is 3.87. The third-order valence-electron chi connectivity index (χ3n) is 3.37. The van der Waals surface area contributed by atoms with Crippen molar-refractivity contribution in [2.24, 2.45) is 0 Å². The van der Waals surface area contributed by atoms with E-state index in [-0.39, 0.29) is 6.03 Å². The molecule has 1 aromatic carbocycles. The molecule has 0 spiro atoms. The maximum Gasteiger partial charge on any atom is 0.319 e. The van der Waals surface area contributed by atoms with Gasteiger partial charge in [0.2, 0.25) is 0 Å². The molecule has 0 aliphatic carbocycles. The molecule has 5 heteroatoms. The number of nitrogens with one attached hydrogen (secondary N) is 2. The minimum Gasteiger partial charge on any atom is -0.378 e. The van der Waals surface area contributed by atoms with Gasteiger partial charge in [-0.1, -0.05) is 6.92 Å². The molecule has 0 aromatic heterocycles. The molecule has 2 N–H and O–H groups in total. The van der Waals surface area contributed by atoms with Crippen LogP contribution >= 0.6 is 0 Å². The summed E-state index contributed by atoms with van der Waals surface area (Å²) in [5.74, 6) is 0. The highest BCUT2D eigenvalue weighted by atomic mass is 16.5. The number of urea groups is 1. The number of carbonyl (C=O) groups is 1. The number of nitrogens with zero attached hydrogens (tertiary/aromatic N) is 1. The van der Waals surface area contributed by atoms with Crippen LogP contribution in [0, 0.1) is 6.92 Å². The molecule has 0 unspecified atom stereocenters. The second-order valence-corrected chi connectivity index (χ2v) is 4.98. The number of anilines is 2. The Hall–Kier alpha value is -1.75. The Balaban J connectivity index is 2.00. The monoisotopic (exact) mass is 277 g/mol. The van der Waals surface area contributed by atoms with Crippen LogP contribution < -0.4 is 15.5 Å². The van der Waals surface area contributed by atoms with E-state index in [1.807, 2.05) is 26.0 Å². The number of amides is 2. The topological polar surface area (TPSA) is 53.6 Å². The quantitative estimate of drug-likeness (QED) is 0.888. The van der Waals surface area contributed by atoms with Gasteiger partial charge in [0, 0.05) is 31.0 Å². The fraction of sp³-hybridized carbons (Fsp3) is 0.533. The number of morpholine rings is 1. The highest BCUT2D eigenvalue weighted by molar-refractivity contribution is 5.90. The summed E-state index contributed by atoms with van der Waals surface area (Å²) in [6.45, 7) is 8.13. The van der Waals surface area contributed by atoms with Gasteiger partial charge in [0.05, 0.1) is 13.2 Å². The predicted molar refractivity (Wildman–Crippen MR) is 81.5 cm³/mol. The lowest BCUT2D eigenvalue weighted by Crippen LogP contribution is -2.36. The normalized spacial score (nSPS) is 15.0. The Bertz CT molecular complexity index is 456. The summed E-state index contributed by atoms with van der Waals surface area (Å²) < 4.78 is 5.36. The lowest BCUT2D eigenvalue weighted by Gasteiger charge is -2.29. The molecule has 110 valence electrons. The molecule has 1 fully saturated rings. The number of hydrogen-bond donors (Lipinski definition) is 2. The summed E-state index contributed by atoms with van der Waals surface area (Å²) in [5, 5.41) is 5.69. The summed E-state index contributed by atoms with van der Waals surface area (Å²) in [5.41, 5.74) is 3.11. The second kappa shape index (κ2) is 7.14. The Kier molecular flexibility index (Phi) is 5.24. The predicted octanol–water partition coefficient (Wildman–Crippen LogP) is 2.36. The Labute approximate surface area is 120 Å². The molecule has 1 saturated heterocycles. The summed E-state index contributed by atoms with van der Waals surface area (Å²) in [6.07, 6.45) is 0.933. The van der Waals surface area contributed by atoms with Crippen molar-refractivity contribution in [1.82, 2.24) is 5.32 Å². The molecule has 1 aromatic rings. The SMILES string of the molecule is CCCNC(=O)Nc1ccc(N2CCOCC2)cc1C. The van der Waals surface area contributed by atoms with Gasteiger partial charge in [-0.25, -0.2) is 4.79 Å². The molecular weight excluding hydrogens is 254 g/mol. The molecule has 0 saturated carbocycles. The number of rotatable bonds is 4. The summed E-state index contributed by atoms with van der Waals surface area (Å²) in [6, 6.07) is 5.98. The molecule has 0 atom stereocenters. The number of ether oxygens (including phenoxy) is 1. The zero-order chi connectivity index (χ0) is 14.4. The van der Waals surface area contributed by atoms with Crippen molar-refractivity contribution >= 4 is 17.4 Å². The van der Waals surface area contributed by atoms with E-state index in [1.54, 1.807) is 0 Å². The van der Waals surface area contributed by atoms with E-state index in [2.05, 4.69) is 21.6 Å². The van der Waals surface area contributed by atoms with E-state index in [4.69, 9.17) is 4.74 Å². The summed E-state index contributed by atoms with van der Waals surface area (Å²) >= 11 is 0. The van der Waals surface area contributed by atoms with Gasteiger partial charge in [0.1, 0.15) is 0 Å². The fourth-order valence-corrected chi connectivity index (χ4v) is 2.21. The number of aryl methyl sites for hydroxylation is 1. The van der Waals surface area contributed by atoms with Crippen molar-refractivity contribution in [2.75, 3.05) is 43.1 Å². The van der Waals surface area contributed by atoms with Crippen molar-refractivity contribution in [3.05, 3.63) is 23.8 Å².